The van der Waals surface area contributed by atoms with Crippen molar-refractivity contribution in [2.24, 2.45) is 5.92 Å². The third-order valence-corrected chi connectivity index (χ3v) is 5.41. The number of benzene rings is 1. The fraction of sp³-hybridized carbons (Fsp3) is 0.474. The molecule has 1 atom stereocenters. The highest BCUT2D eigenvalue weighted by molar-refractivity contribution is 7.15. The molecule has 1 aliphatic rings. The predicted molar refractivity (Wildman–Crippen MR) is 97.0 cm³/mol. The Morgan fingerprint density at radius 2 is 2.04 bits per heavy atom. The van der Waals surface area contributed by atoms with Crippen molar-refractivity contribution < 1.29 is 28.2 Å². The third-order valence-electron chi connectivity index (χ3n) is 4.38. The summed E-state index contributed by atoms with van der Waals surface area (Å²) in [7, 11) is 1.62. The second-order valence-electron chi connectivity index (χ2n) is 6.56. The van der Waals surface area contributed by atoms with E-state index in [4.69, 9.17) is 14.6 Å². The summed E-state index contributed by atoms with van der Waals surface area (Å²) in [5.41, 5.74) is 1.11. The van der Waals surface area contributed by atoms with Crippen LogP contribution in [0.15, 0.2) is 12.1 Å². The number of aryl methyl sites for hydroxylation is 1. The molecule has 2 aromatic rings. The molecule has 0 bridgehead atoms. The van der Waals surface area contributed by atoms with Gasteiger partial charge in [-0.25, -0.2) is 13.8 Å². The van der Waals surface area contributed by atoms with Gasteiger partial charge in [0.05, 0.1) is 22.2 Å². The maximum Gasteiger partial charge on any atom is 0.303 e. The van der Waals surface area contributed by atoms with E-state index in [1.165, 1.54) is 23.5 Å². The largest absolute Gasteiger partial charge is 0.488 e. The molecule has 1 aromatic heterocycles. The molecule has 1 aliphatic carbocycles. The average Bonchev–Trinajstić information content (AvgIpc) is 3.36. The van der Waals surface area contributed by atoms with Crippen molar-refractivity contribution in [1.29, 1.82) is 0 Å². The van der Waals surface area contributed by atoms with Crippen LogP contribution >= 0.6 is 11.3 Å². The van der Waals surface area contributed by atoms with Crippen LogP contribution in [0.5, 0.6) is 5.75 Å². The highest BCUT2D eigenvalue weighted by Crippen LogP contribution is 2.47. The van der Waals surface area contributed by atoms with Gasteiger partial charge >= 0.3 is 5.97 Å². The minimum absolute atomic E-state index is 0.0716. The van der Waals surface area contributed by atoms with E-state index in [1.807, 2.05) is 6.92 Å². The van der Waals surface area contributed by atoms with Crippen LogP contribution < -0.4 is 4.74 Å². The second-order valence-corrected chi connectivity index (χ2v) is 7.76. The molecule has 27 heavy (non-hydrogen) atoms. The van der Waals surface area contributed by atoms with Gasteiger partial charge in [-0.1, -0.05) is 0 Å². The maximum atomic E-state index is 14.4. The number of thiazole rings is 1. The Bertz CT molecular complexity index is 812. The first-order valence-corrected chi connectivity index (χ1v) is 9.56. The molecule has 1 N–H and O–H groups in total. The fourth-order valence-electron chi connectivity index (χ4n) is 3.00. The molecule has 1 fully saturated rings. The summed E-state index contributed by atoms with van der Waals surface area (Å²) < 4.78 is 39.6. The normalized spacial score (nSPS) is 15.0. The molecule has 1 heterocycles. The summed E-state index contributed by atoms with van der Waals surface area (Å²) in [6, 6.07) is 2.46. The van der Waals surface area contributed by atoms with Gasteiger partial charge in [0.25, 0.3) is 0 Å². The quantitative estimate of drug-likeness (QED) is 0.619. The van der Waals surface area contributed by atoms with Crippen LogP contribution in [-0.4, -0.2) is 29.8 Å². The molecule has 5 nitrogen and oxygen atoms in total. The molecule has 0 saturated heterocycles. The Morgan fingerprint density at radius 1 is 1.37 bits per heavy atom. The van der Waals surface area contributed by atoms with Gasteiger partial charge < -0.3 is 14.6 Å². The van der Waals surface area contributed by atoms with E-state index < -0.39 is 23.4 Å². The lowest BCUT2D eigenvalue weighted by Gasteiger charge is -2.15. The zero-order valence-corrected chi connectivity index (χ0v) is 15.9. The smallest absolute Gasteiger partial charge is 0.303 e. The predicted octanol–water partition coefficient (Wildman–Crippen LogP) is 4.74. The van der Waals surface area contributed by atoms with E-state index in [-0.39, 0.29) is 25.6 Å². The summed E-state index contributed by atoms with van der Waals surface area (Å²) in [5, 5.41) is 9.40. The molecular weight excluding hydrogens is 376 g/mol. The number of rotatable bonds is 9. The lowest BCUT2D eigenvalue weighted by atomic mass is 10.1. The van der Waals surface area contributed by atoms with Crippen LogP contribution in [-0.2, 0) is 9.53 Å². The fourth-order valence-corrected chi connectivity index (χ4v) is 3.94. The van der Waals surface area contributed by atoms with Gasteiger partial charge in [0.2, 0.25) is 0 Å². The van der Waals surface area contributed by atoms with Gasteiger partial charge in [-0.05, 0) is 49.8 Å². The van der Waals surface area contributed by atoms with Crippen molar-refractivity contribution in [2.75, 3.05) is 13.7 Å². The van der Waals surface area contributed by atoms with Crippen molar-refractivity contribution in [3.05, 3.63) is 34.5 Å². The van der Waals surface area contributed by atoms with Crippen molar-refractivity contribution in [3.63, 3.8) is 0 Å². The van der Waals surface area contributed by atoms with E-state index in [0.29, 0.717) is 16.4 Å². The van der Waals surface area contributed by atoms with Gasteiger partial charge in [-0.3, -0.25) is 4.79 Å². The lowest BCUT2D eigenvalue weighted by molar-refractivity contribution is -0.137. The highest BCUT2D eigenvalue weighted by Gasteiger charge is 2.36. The Kier molecular flexibility index (Phi) is 6.06. The highest BCUT2D eigenvalue weighted by atomic mass is 32.1. The van der Waals surface area contributed by atoms with Gasteiger partial charge in [-0.15, -0.1) is 11.3 Å². The average molecular weight is 397 g/mol. The molecule has 1 saturated carbocycles. The first-order chi connectivity index (χ1) is 12.9. The number of nitrogens with zero attached hydrogens (tertiary/aromatic N) is 1. The van der Waals surface area contributed by atoms with Gasteiger partial charge in [0.1, 0.15) is 6.10 Å². The molecular formula is C19H21F2NO4S. The molecule has 8 heteroatoms. The first kappa shape index (κ1) is 19.7. The molecule has 3 rings (SSSR count). The van der Waals surface area contributed by atoms with Crippen LogP contribution in [0.1, 0.15) is 42.5 Å². The van der Waals surface area contributed by atoms with Gasteiger partial charge in [0, 0.05) is 13.5 Å². The molecule has 0 radical (unpaired) electrons. The molecule has 0 amide bonds. The summed E-state index contributed by atoms with van der Waals surface area (Å²) in [6.45, 7) is 1.78. The van der Waals surface area contributed by atoms with Crippen molar-refractivity contribution in [2.45, 2.75) is 38.7 Å². The molecule has 1 aromatic carbocycles. The zero-order valence-electron chi connectivity index (χ0n) is 15.1. The number of hydrogen-bond acceptors (Lipinski definition) is 5. The van der Waals surface area contributed by atoms with Crippen molar-refractivity contribution >= 4 is 17.3 Å². The van der Waals surface area contributed by atoms with E-state index in [1.54, 1.807) is 7.11 Å². The molecule has 146 valence electrons. The number of aliphatic carboxylic acids is 1. The third kappa shape index (κ3) is 4.62. The van der Waals surface area contributed by atoms with Gasteiger partial charge in [-0.2, -0.15) is 0 Å². The Balaban J connectivity index is 1.85. The van der Waals surface area contributed by atoms with Gasteiger partial charge in [0.15, 0.2) is 17.4 Å². The number of methoxy groups -OCH3 is 1. The monoisotopic (exact) mass is 397 g/mol. The summed E-state index contributed by atoms with van der Waals surface area (Å²) >= 11 is 1.37. The summed E-state index contributed by atoms with van der Waals surface area (Å²) in [5.74, 6) is -2.72. The van der Waals surface area contributed by atoms with Crippen LogP contribution in [0.4, 0.5) is 8.78 Å². The number of hydrogen-bond donors (Lipinski definition) is 1. The van der Waals surface area contributed by atoms with E-state index >= 15 is 0 Å². The SMILES string of the molecule is COC(c1nc(C)sc1-c1cc(F)c(OCCCC(=O)O)c(F)c1)C1CC1. The van der Waals surface area contributed by atoms with E-state index in [9.17, 15) is 13.6 Å². The number of ether oxygens (including phenoxy) is 2. The Morgan fingerprint density at radius 3 is 2.59 bits per heavy atom. The number of carboxylic acids is 1. The lowest BCUT2D eigenvalue weighted by Crippen LogP contribution is -2.06. The number of aromatic nitrogens is 1. The topological polar surface area (TPSA) is 68.7 Å². The minimum atomic E-state index is -0.980. The van der Waals surface area contributed by atoms with Crippen LogP contribution in [0, 0.1) is 24.5 Å². The van der Waals surface area contributed by atoms with Crippen LogP contribution in [0.2, 0.25) is 0 Å². The summed E-state index contributed by atoms with van der Waals surface area (Å²) in [6.07, 6.45) is 1.99. The summed E-state index contributed by atoms with van der Waals surface area (Å²) in [4.78, 5) is 15.7. The Hall–Kier alpha value is -2.06. The number of halogens is 2. The number of carboxylic acid groups (broad SMARTS) is 1. The van der Waals surface area contributed by atoms with Crippen molar-refractivity contribution in [1.82, 2.24) is 4.98 Å². The maximum absolute atomic E-state index is 14.4. The van der Waals surface area contributed by atoms with E-state index in [0.717, 1.165) is 23.5 Å². The van der Waals surface area contributed by atoms with Crippen LogP contribution in [0.3, 0.4) is 0 Å². The van der Waals surface area contributed by atoms with E-state index in [2.05, 4.69) is 4.98 Å². The minimum Gasteiger partial charge on any atom is -0.488 e. The second kappa shape index (κ2) is 8.31. The Labute approximate surface area is 160 Å². The first-order valence-electron chi connectivity index (χ1n) is 8.74. The zero-order chi connectivity index (χ0) is 19.6. The van der Waals surface area contributed by atoms with Crippen molar-refractivity contribution in [3.8, 4) is 16.2 Å². The molecule has 0 aliphatic heterocycles. The number of carbonyl (C=O) groups is 1. The molecule has 1 unspecified atom stereocenters. The molecule has 0 spiro atoms. The standard InChI is InChI=1S/C19H21F2NO4S/c1-10-22-16(17(25-2)11-5-6-11)19(27-10)12-8-13(20)18(14(21)9-12)26-7-3-4-15(23)24/h8-9,11,17H,3-7H2,1-2H3,(H,23,24). The van der Waals surface area contributed by atoms with Crippen LogP contribution in [0.25, 0.3) is 10.4 Å².